The molecule has 1 aromatic rings. The average molecular weight is 310 g/mol. The maximum atomic E-state index is 12.7. The highest BCUT2D eigenvalue weighted by Crippen LogP contribution is 2.37. The zero-order chi connectivity index (χ0) is 15.7. The summed E-state index contributed by atoms with van der Waals surface area (Å²) in [7, 11) is -1.70. The molecular formula is C16H26N2O2S. The van der Waals surface area contributed by atoms with Gasteiger partial charge in [0.05, 0.1) is 4.90 Å². The van der Waals surface area contributed by atoms with E-state index < -0.39 is 10.0 Å². The van der Waals surface area contributed by atoms with Crippen LogP contribution in [-0.4, -0.2) is 25.8 Å². The van der Waals surface area contributed by atoms with E-state index in [9.17, 15) is 8.42 Å². The van der Waals surface area contributed by atoms with E-state index in [2.05, 4.69) is 13.8 Å². The van der Waals surface area contributed by atoms with Crippen molar-refractivity contribution in [1.29, 1.82) is 0 Å². The summed E-state index contributed by atoms with van der Waals surface area (Å²) in [5.74, 6) is 0. The minimum atomic E-state index is -3.41. The molecule has 0 spiro atoms. The topological polar surface area (TPSA) is 63.4 Å². The first-order valence-corrected chi connectivity index (χ1v) is 8.97. The summed E-state index contributed by atoms with van der Waals surface area (Å²) in [4.78, 5) is 0.354. The minimum absolute atomic E-state index is 0.109. The number of sulfonamides is 1. The van der Waals surface area contributed by atoms with Crippen LogP contribution < -0.4 is 5.73 Å². The fourth-order valence-electron chi connectivity index (χ4n) is 2.91. The molecule has 21 heavy (non-hydrogen) atoms. The van der Waals surface area contributed by atoms with Gasteiger partial charge < -0.3 is 5.73 Å². The number of hydrogen-bond acceptors (Lipinski definition) is 3. The monoisotopic (exact) mass is 310 g/mol. The lowest BCUT2D eigenvalue weighted by Gasteiger charge is -2.38. The molecule has 4 nitrogen and oxygen atoms in total. The van der Waals surface area contributed by atoms with Crippen LogP contribution in [0.5, 0.6) is 0 Å². The van der Waals surface area contributed by atoms with Crippen molar-refractivity contribution < 1.29 is 8.42 Å². The third kappa shape index (κ3) is 3.65. The molecule has 1 aliphatic carbocycles. The fourth-order valence-corrected chi connectivity index (χ4v) is 4.32. The van der Waals surface area contributed by atoms with Crippen molar-refractivity contribution in [3.63, 3.8) is 0 Å². The fraction of sp³-hybridized carbons (Fsp3) is 0.625. The summed E-state index contributed by atoms with van der Waals surface area (Å²) in [6, 6.07) is 6.98. The van der Waals surface area contributed by atoms with E-state index in [0.717, 1.165) is 31.2 Å². The van der Waals surface area contributed by atoms with Gasteiger partial charge in [0.1, 0.15) is 0 Å². The van der Waals surface area contributed by atoms with Gasteiger partial charge in [0.25, 0.3) is 0 Å². The highest BCUT2D eigenvalue weighted by Gasteiger charge is 2.33. The Labute approximate surface area is 128 Å². The van der Waals surface area contributed by atoms with Crippen LogP contribution >= 0.6 is 0 Å². The molecule has 2 N–H and O–H groups in total. The first kappa shape index (κ1) is 16.5. The van der Waals surface area contributed by atoms with Gasteiger partial charge in [-0.05, 0) is 48.8 Å². The van der Waals surface area contributed by atoms with E-state index >= 15 is 0 Å². The van der Waals surface area contributed by atoms with E-state index in [1.165, 1.54) is 0 Å². The SMILES string of the molecule is CN(C1CCC(C)(C)CC1)S(=O)(=O)c1ccc(CN)cc1. The molecule has 5 heteroatoms. The Bertz CT molecular complexity index is 569. The van der Waals surface area contributed by atoms with Crippen LogP contribution in [0.1, 0.15) is 45.1 Å². The quantitative estimate of drug-likeness (QED) is 0.930. The van der Waals surface area contributed by atoms with Crippen LogP contribution in [0.3, 0.4) is 0 Å². The second-order valence-electron chi connectivity index (χ2n) is 6.76. The molecule has 0 heterocycles. The Kier molecular flexibility index (Phi) is 4.76. The number of benzene rings is 1. The first-order chi connectivity index (χ1) is 9.76. The Morgan fingerprint density at radius 2 is 1.71 bits per heavy atom. The Hall–Kier alpha value is -0.910. The van der Waals surface area contributed by atoms with Crippen LogP contribution in [-0.2, 0) is 16.6 Å². The molecule has 1 saturated carbocycles. The molecule has 0 aliphatic heterocycles. The first-order valence-electron chi connectivity index (χ1n) is 7.53. The summed E-state index contributed by atoms with van der Waals surface area (Å²) in [6.45, 7) is 4.93. The van der Waals surface area contributed by atoms with Gasteiger partial charge in [0.2, 0.25) is 10.0 Å². The van der Waals surface area contributed by atoms with Gasteiger partial charge in [-0.3, -0.25) is 0 Å². The second kappa shape index (κ2) is 6.07. The standard InChI is InChI=1S/C16H26N2O2S/c1-16(2)10-8-14(9-11-16)18(3)21(19,20)15-6-4-13(12-17)5-7-15/h4-7,14H,8-12,17H2,1-3H3. The molecular weight excluding hydrogens is 284 g/mol. The maximum absolute atomic E-state index is 12.7. The molecule has 118 valence electrons. The number of nitrogens with zero attached hydrogens (tertiary/aromatic N) is 1. The van der Waals surface area contributed by atoms with E-state index in [1.807, 2.05) is 0 Å². The van der Waals surface area contributed by atoms with Crippen LogP contribution in [0.25, 0.3) is 0 Å². The number of nitrogens with two attached hydrogens (primary N) is 1. The molecule has 0 radical (unpaired) electrons. The molecule has 0 amide bonds. The normalized spacial score (nSPS) is 19.9. The molecule has 1 aliphatic rings. The molecule has 0 saturated heterocycles. The predicted molar refractivity (Wildman–Crippen MR) is 85.3 cm³/mol. The zero-order valence-corrected chi connectivity index (χ0v) is 14.0. The van der Waals surface area contributed by atoms with Gasteiger partial charge in [-0.1, -0.05) is 26.0 Å². The van der Waals surface area contributed by atoms with E-state index in [4.69, 9.17) is 5.73 Å². The van der Waals surface area contributed by atoms with Crippen LogP contribution in [0.15, 0.2) is 29.2 Å². The highest BCUT2D eigenvalue weighted by atomic mass is 32.2. The molecule has 1 fully saturated rings. The van der Waals surface area contributed by atoms with Crippen LogP contribution in [0, 0.1) is 5.41 Å². The van der Waals surface area contributed by atoms with Gasteiger partial charge >= 0.3 is 0 Å². The largest absolute Gasteiger partial charge is 0.326 e. The number of hydrogen-bond donors (Lipinski definition) is 1. The van der Waals surface area contributed by atoms with Crippen molar-refractivity contribution in [3.05, 3.63) is 29.8 Å². The van der Waals surface area contributed by atoms with Gasteiger partial charge in [-0.25, -0.2) is 8.42 Å². The van der Waals surface area contributed by atoms with Crippen LogP contribution in [0.2, 0.25) is 0 Å². The van der Waals surface area contributed by atoms with Crippen molar-refractivity contribution in [1.82, 2.24) is 4.31 Å². The summed E-state index contributed by atoms with van der Waals surface area (Å²) in [5, 5.41) is 0. The maximum Gasteiger partial charge on any atom is 0.243 e. The summed E-state index contributed by atoms with van der Waals surface area (Å²) in [5.41, 5.74) is 6.83. The van der Waals surface area contributed by atoms with Crippen molar-refractivity contribution in [3.8, 4) is 0 Å². The van der Waals surface area contributed by atoms with Gasteiger partial charge in [-0.15, -0.1) is 0 Å². The van der Waals surface area contributed by atoms with E-state index in [1.54, 1.807) is 35.6 Å². The lowest BCUT2D eigenvalue weighted by atomic mass is 9.76. The van der Waals surface area contributed by atoms with Crippen molar-refractivity contribution >= 4 is 10.0 Å². The predicted octanol–water partition coefficient (Wildman–Crippen LogP) is 2.73. The molecule has 1 aromatic carbocycles. The van der Waals surface area contributed by atoms with E-state index in [0.29, 0.717) is 16.9 Å². The third-order valence-electron chi connectivity index (χ3n) is 4.66. The van der Waals surface area contributed by atoms with Gasteiger partial charge in [0.15, 0.2) is 0 Å². The van der Waals surface area contributed by atoms with Crippen molar-refractivity contribution in [2.24, 2.45) is 11.1 Å². The third-order valence-corrected chi connectivity index (χ3v) is 6.58. The lowest BCUT2D eigenvalue weighted by Crippen LogP contribution is -2.40. The molecule has 0 aromatic heterocycles. The Morgan fingerprint density at radius 3 is 2.19 bits per heavy atom. The average Bonchev–Trinajstić information content (AvgIpc) is 2.46. The van der Waals surface area contributed by atoms with Gasteiger partial charge in [-0.2, -0.15) is 4.31 Å². The highest BCUT2D eigenvalue weighted by molar-refractivity contribution is 7.89. The number of rotatable bonds is 4. The van der Waals surface area contributed by atoms with Crippen LogP contribution in [0.4, 0.5) is 0 Å². The Morgan fingerprint density at radius 1 is 1.19 bits per heavy atom. The smallest absolute Gasteiger partial charge is 0.243 e. The summed E-state index contributed by atoms with van der Waals surface area (Å²) in [6.07, 6.45) is 4.01. The molecule has 2 rings (SSSR count). The van der Waals surface area contributed by atoms with Crippen molar-refractivity contribution in [2.45, 2.75) is 57.0 Å². The molecule has 0 atom stereocenters. The lowest BCUT2D eigenvalue weighted by molar-refractivity contribution is 0.174. The van der Waals surface area contributed by atoms with Gasteiger partial charge in [0, 0.05) is 19.6 Å². The second-order valence-corrected chi connectivity index (χ2v) is 8.76. The minimum Gasteiger partial charge on any atom is -0.326 e. The Balaban J connectivity index is 2.15. The summed E-state index contributed by atoms with van der Waals surface area (Å²) >= 11 is 0. The zero-order valence-electron chi connectivity index (χ0n) is 13.2. The molecule has 0 unspecified atom stereocenters. The van der Waals surface area contributed by atoms with E-state index in [-0.39, 0.29) is 6.04 Å². The summed E-state index contributed by atoms with van der Waals surface area (Å²) < 4.78 is 26.9. The molecule has 0 bridgehead atoms. The van der Waals surface area contributed by atoms with Crippen molar-refractivity contribution in [2.75, 3.05) is 7.05 Å².